The summed E-state index contributed by atoms with van der Waals surface area (Å²) in [6.07, 6.45) is 2.25. The van der Waals surface area contributed by atoms with Crippen molar-refractivity contribution >= 4 is 17.4 Å². The summed E-state index contributed by atoms with van der Waals surface area (Å²) in [5.74, 6) is 0.502. The Kier molecular flexibility index (Phi) is 5.54. The van der Waals surface area contributed by atoms with E-state index in [9.17, 15) is 4.79 Å². The van der Waals surface area contributed by atoms with Gasteiger partial charge in [0.1, 0.15) is 16.8 Å². The Morgan fingerprint density at radius 1 is 1.45 bits per heavy atom. The van der Waals surface area contributed by atoms with E-state index in [1.165, 1.54) is 11.3 Å². The van der Waals surface area contributed by atoms with Crippen LogP contribution in [0.1, 0.15) is 32.9 Å². The number of alkyl carbamates (subject to hydrolysis) is 1. The van der Waals surface area contributed by atoms with E-state index in [1.807, 2.05) is 31.6 Å². The molecule has 7 heteroatoms. The Balaban J connectivity index is 1.82. The number of hydrogen-bond acceptors (Lipinski definition) is 5. The smallest absolute Gasteiger partial charge is 0.407 e. The highest BCUT2D eigenvalue weighted by Crippen LogP contribution is 2.21. The van der Waals surface area contributed by atoms with Crippen LogP contribution in [0.5, 0.6) is 0 Å². The predicted octanol–water partition coefficient (Wildman–Crippen LogP) is 3.20. The summed E-state index contributed by atoms with van der Waals surface area (Å²) in [5.41, 5.74) is 1.64. The zero-order valence-corrected chi connectivity index (χ0v) is 14.2. The Bertz CT molecular complexity index is 621. The fourth-order valence-corrected chi connectivity index (χ4v) is 2.92. The second-order valence-electron chi connectivity index (χ2n) is 5.72. The molecule has 0 aromatic carbocycles. The monoisotopic (exact) mass is 322 g/mol. The Hall–Kier alpha value is -1.89. The van der Waals surface area contributed by atoms with E-state index in [4.69, 9.17) is 4.74 Å². The minimum atomic E-state index is -0.402. The van der Waals surface area contributed by atoms with Crippen LogP contribution in [0.2, 0.25) is 0 Å². The van der Waals surface area contributed by atoms with Crippen LogP contribution >= 0.6 is 11.3 Å². The topological polar surface area (TPSA) is 69.0 Å². The molecule has 1 N–H and O–H groups in total. The Morgan fingerprint density at radius 3 is 2.86 bits per heavy atom. The molecule has 1 atom stereocenters. The number of nitrogens with zero attached hydrogens (tertiary/aromatic N) is 3. The number of aryl methyl sites for hydroxylation is 1. The first-order valence-electron chi connectivity index (χ1n) is 7.33. The number of carbonyl (C=O) groups excluding carboxylic acids is 1. The molecule has 0 spiro atoms. The molecule has 2 aromatic heterocycles. The molecule has 120 valence electrons. The lowest BCUT2D eigenvalue weighted by atomic mass is 10.1. The number of nitrogens with one attached hydrogen (secondary N) is 1. The van der Waals surface area contributed by atoms with Crippen LogP contribution in [0, 0.1) is 5.92 Å². The summed E-state index contributed by atoms with van der Waals surface area (Å²) in [4.78, 5) is 16.2. The van der Waals surface area contributed by atoms with Crippen LogP contribution in [0.3, 0.4) is 0 Å². The summed E-state index contributed by atoms with van der Waals surface area (Å²) < 4.78 is 7.03. The lowest BCUT2D eigenvalue weighted by Gasteiger charge is -2.15. The van der Waals surface area contributed by atoms with Gasteiger partial charge >= 0.3 is 6.09 Å². The molecule has 2 rings (SSSR count). The number of thiazole rings is 1. The molecule has 0 bridgehead atoms. The van der Waals surface area contributed by atoms with Gasteiger partial charge in [0, 0.05) is 18.6 Å². The molecule has 2 heterocycles. The minimum Gasteiger partial charge on any atom is -0.447 e. The van der Waals surface area contributed by atoms with Gasteiger partial charge in [-0.3, -0.25) is 4.68 Å². The van der Waals surface area contributed by atoms with Gasteiger partial charge in [0.25, 0.3) is 0 Å². The van der Waals surface area contributed by atoms with Crippen LogP contribution in [-0.2, 0) is 18.3 Å². The van der Waals surface area contributed by atoms with Crippen molar-refractivity contribution < 1.29 is 9.53 Å². The molecule has 0 aliphatic carbocycles. The Morgan fingerprint density at radius 2 is 2.23 bits per heavy atom. The number of carbonyl (C=O) groups is 1. The van der Waals surface area contributed by atoms with Crippen LogP contribution in [0.4, 0.5) is 4.79 Å². The van der Waals surface area contributed by atoms with Gasteiger partial charge in [0.15, 0.2) is 0 Å². The lowest BCUT2D eigenvalue weighted by molar-refractivity contribution is 0.0949. The maximum atomic E-state index is 11.7. The highest BCUT2D eigenvalue weighted by molar-refractivity contribution is 7.13. The summed E-state index contributed by atoms with van der Waals surface area (Å²) in [7, 11) is 1.87. The van der Waals surface area contributed by atoms with Gasteiger partial charge in [0.05, 0.1) is 12.2 Å². The normalized spacial score (nSPS) is 12.4. The SMILES string of the molecule is CC(C)CC(C)OC(=O)NCc1csc(-c2ccn(C)n2)n1. The summed E-state index contributed by atoms with van der Waals surface area (Å²) in [6.45, 7) is 6.47. The zero-order valence-electron chi connectivity index (χ0n) is 13.4. The maximum Gasteiger partial charge on any atom is 0.407 e. The van der Waals surface area contributed by atoms with Crippen molar-refractivity contribution in [3.05, 3.63) is 23.3 Å². The molecule has 1 unspecified atom stereocenters. The minimum absolute atomic E-state index is 0.0838. The average Bonchev–Trinajstić information content (AvgIpc) is 3.03. The van der Waals surface area contributed by atoms with Gasteiger partial charge in [-0.1, -0.05) is 13.8 Å². The van der Waals surface area contributed by atoms with Gasteiger partial charge in [-0.2, -0.15) is 5.10 Å². The first-order valence-corrected chi connectivity index (χ1v) is 8.21. The third-order valence-corrected chi connectivity index (χ3v) is 3.92. The summed E-state index contributed by atoms with van der Waals surface area (Å²) in [6, 6.07) is 1.91. The molecule has 22 heavy (non-hydrogen) atoms. The second-order valence-corrected chi connectivity index (χ2v) is 6.58. The van der Waals surface area contributed by atoms with Gasteiger partial charge in [0.2, 0.25) is 0 Å². The first-order chi connectivity index (χ1) is 10.4. The number of amides is 1. The highest BCUT2D eigenvalue weighted by Gasteiger charge is 2.12. The molecule has 0 saturated carbocycles. The zero-order chi connectivity index (χ0) is 16.1. The van der Waals surface area contributed by atoms with E-state index in [0.717, 1.165) is 22.8 Å². The van der Waals surface area contributed by atoms with E-state index < -0.39 is 6.09 Å². The third-order valence-electron chi connectivity index (χ3n) is 3.01. The molecular weight excluding hydrogens is 300 g/mol. The number of rotatable bonds is 6. The molecule has 1 amide bonds. The molecule has 0 fully saturated rings. The van der Waals surface area contributed by atoms with Crippen LogP contribution in [0.25, 0.3) is 10.7 Å². The second kappa shape index (κ2) is 7.40. The molecule has 0 aliphatic heterocycles. The van der Waals surface area contributed by atoms with Crippen molar-refractivity contribution in [1.82, 2.24) is 20.1 Å². The van der Waals surface area contributed by atoms with Gasteiger partial charge in [-0.25, -0.2) is 9.78 Å². The quantitative estimate of drug-likeness (QED) is 0.886. The van der Waals surface area contributed by atoms with Crippen molar-refractivity contribution in [3.8, 4) is 10.7 Å². The molecular formula is C15H22N4O2S. The van der Waals surface area contributed by atoms with Crippen LogP contribution in [-0.4, -0.2) is 27.0 Å². The van der Waals surface area contributed by atoms with E-state index in [-0.39, 0.29) is 6.10 Å². The van der Waals surface area contributed by atoms with Crippen LogP contribution in [0.15, 0.2) is 17.6 Å². The van der Waals surface area contributed by atoms with E-state index in [2.05, 4.69) is 29.2 Å². The van der Waals surface area contributed by atoms with Crippen molar-refractivity contribution in [1.29, 1.82) is 0 Å². The predicted molar refractivity (Wildman–Crippen MR) is 86.6 cm³/mol. The molecule has 0 radical (unpaired) electrons. The van der Waals surface area contributed by atoms with Crippen molar-refractivity contribution in [3.63, 3.8) is 0 Å². The standard InChI is InChI=1S/C15H22N4O2S/c1-10(2)7-11(3)21-15(20)16-8-12-9-22-14(17-12)13-5-6-19(4)18-13/h5-6,9-11H,7-8H2,1-4H3,(H,16,20). The van der Waals surface area contributed by atoms with Crippen molar-refractivity contribution in [2.75, 3.05) is 0 Å². The van der Waals surface area contributed by atoms with E-state index >= 15 is 0 Å². The summed E-state index contributed by atoms with van der Waals surface area (Å²) in [5, 5.41) is 9.80. The lowest BCUT2D eigenvalue weighted by Crippen LogP contribution is -2.28. The number of aromatic nitrogens is 3. The van der Waals surface area contributed by atoms with Gasteiger partial charge in [-0.05, 0) is 25.3 Å². The molecule has 6 nitrogen and oxygen atoms in total. The molecule has 2 aromatic rings. The van der Waals surface area contributed by atoms with E-state index in [0.29, 0.717) is 12.5 Å². The first kappa shape index (κ1) is 16.5. The number of ether oxygens (including phenoxy) is 1. The highest BCUT2D eigenvalue weighted by atomic mass is 32.1. The molecule has 0 aliphatic rings. The average molecular weight is 322 g/mol. The molecule has 0 saturated heterocycles. The Labute approximate surface area is 134 Å². The van der Waals surface area contributed by atoms with Gasteiger partial charge in [-0.15, -0.1) is 11.3 Å². The van der Waals surface area contributed by atoms with E-state index in [1.54, 1.807) is 4.68 Å². The van der Waals surface area contributed by atoms with Crippen LogP contribution < -0.4 is 5.32 Å². The summed E-state index contributed by atoms with van der Waals surface area (Å²) >= 11 is 1.51. The number of hydrogen-bond donors (Lipinski definition) is 1. The maximum absolute atomic E-state index is 11.7. The fourth-order valence-electron chi connectivity index (χ4n) is 2.13. The van der Waals surface area contributed by atoms with Crippen molar-refractivity contribution in [2.24, 2.45) is 13.0 Å². The fraction of sp³-hybridized carbons (Fsp3) is 0.533. The largest absolute Gasteiger partial charge is 0.447 e. The van der Waals surface area contributed by atoms with Gasteiger partial charge < -0.3 is 10.1 Å². The third kappa shape index (κ3) is 4.84. The van der Waals surface area contributed by atoms with Crippen molar-refractivity contribution in [2.45, 2.75) is 39.8 Å².